The number of aromatic amines is 1. The highest BCUT2D eigenvalue weighted by Crippen LogP contribution is 2.27. The van der Waals surface area contributed by atoms with Crippen molar-refractivity contribution in [2.75, 3.05) is 13.6 Å². The summed E-state index contributed by atoms with van der Waals surface area (Å²) in [6.07, 6.45) is 6.11. The van der Waals surface area contributed by atoms with Crippen LogP contribution < -0.4 is 5.73 Å². The second kappa shape index (κ2) is 5.38. The van der Waals surface area contributed by atoms with Crippen molar-refractivity contribution >= 4 is 10.0 Å². The Morgan fingerprint density at radius 1 is 1.50 bits per heavy atom. The Bertz CT molecular complexity index is 491. The minimum absolute atomic E-state index is 0.130. The number of H-pyrrole nitrogens is 1. The third kappa shape index (κ3) is 2.57. The summed E-state index contributed by atoms with van der Waals surface area (Å²) in [5.74, 6) is 0.481. The molecule has 0 saturated heterocycles. The van der Waals surface area contributed by atoms with Gasteiger partial charge >= 0.3 is 0 Å². The van der Waals surface area contributed by atoms with Gasteiger partial charge in [-0.3, -0.25) is 5.10 Å². The lowest BCUT2D eigenvalue weighted by atomic mass is 10.1. The maximum absolute atomic E-state index is 12.4. The fraction of sp³-hybridized carbons (Fsp3) is 0.727. The lowest BCUT2D eigenvalue weighted by Gasteiger charge is -2.20. The van der Waals surface area contributed by atoms with E-state index in [-0.39, 0.29) is 11.6 Å². The topological polar surface area (TPSA) is 92.1 Å². The first-order valence-electron chi connectivity index (χ1n) is 6.24. The van der Waals surface area contributed by atoms with Crippen LogP contribution in [0.25, 0.3) is 0 Å². The molecule has 1 heterocycles. The second-order valence-corrected chi connectivity index (χ2v) is 6.85. The van der Waals surface area contributed by atoms with Gasteiger partial charge in [-0.15, -0.1) is 0 Å². The summed E-state index contributed by atoms with van der Waals surface area (Å²) in [4.78, 5) is 0. The van der Waals surface area contributed by atoms with E-state index in [4.69, 9.17) is 5.73 Å². The number of nitrogens with two attached hydrogens (primary N) is 1. The molecule has 0 atom stereocenters. The van der Waals surface area contributed by atoms with Gasteiger partial charge in [0, 0.05) is 25.7 Å². The number of hydrogen-bond acceptors (Lipinski definition) is 4. The number of aromatic nitrogens is 2. The molecule has 18 heavy (non-hydrogen) atoms. The Labute approximate surface area is 108 Å². The summed E-state index contributed by atoms with van der Waals surface area (Å²) in [5, 5.41) is 6.44. The zero-order chi connectivity index (χ0) is 13.2. The van der Waals surface area contributed by atoms with E-state index in [0.29, 0.717) is 18.0 Å². The van der Waals surface area contributed by atoms with Crippen LogP contribution in [0.15, 0.2) is 11.2 Å². The fourth-order valence-corrected chi connectivity index (χ4v) is 3.83. The van der Waals surface area contributed by atoms with Gasteiger partial charge in [0.25, 0.3) is 10.0 Å². The van der Waals surface area contributed by atoms with Crippen LogP contribution in [0, 0.1) is 5.92 Å². The molecule has 2 rings (SSSR count). The number of hydrogen-bond donors (Lipinski definition) is 2. The molecule has 0 bridgehead atoms. The summed E-state index contributed by atoms with van der Waals surface area (Å²) in [7, 11) is -1.87. The van der Waals surface area contributed by atoms with E-state index in [1.165, 1.54) is 23.3 Å². The van der Waals surface area contributed by atoms with Gasteiger partial charge < -0.3 is 5.73 Å². The van der Waals surface area contributed by atoms with Crippen LogP contribution in [-0.2, 0) is 16.6 Å². The molecular formula is C11H20N4O2S. The van der Waals surface area contributed by atoms with E-state index in [2.05, 4.69) is 10.2 Å². The fourth-order valence-electron chi connectivity index (χ4n) is 2.48. The second-order valence-electron chi connectivity index (χ2n) is 4.86. The van der Waals surface area contributed by atoms with Gasteiger partial charge in [-0.1, -0.05) is 12.8 Å². The van der Waals surface area contributed by atoms with Gasteiger partial charge in [-0.2, -0.15) is 9.40 Å². The van der Waals surface area contributed by atoms with E-state index < -0.39 is 10.0 Å². The van der Waals surface area contributed by atoms with Gasteiger partial charge in [-0.25, -0.2) is 8.42 Å². The van der Waals surface area contributed by atoms with Crippen molar-refractivity contribution in [3.05, 3.63) is 11.8 Å². The van der Waals surface area contributed by atoms with Crippen LogP contribution in [0.4, 0.5) is 0 Å². The average Bonchev–Trinajstić information content (AvgIpc) is 2.98. The van der Waals surface area contributed by atoms with Crippen LogP contribution in [0.1, 0.15) is 31.2 Å². The van der Waals surface area contributed by atoms with Crippen LogP contribution in [0.5, 0.6) is 0 Å². The summed E-state index contributed by atoms with van der Waals surface area (Å²) in [5.41, 5.74) is 6.05. The Kier molecular flexibility index (Phi) is 4.04. The van der Waals surface area contributed by atoms with Gasteiger partial charge in [0.05, 0.1) is 6.20 Å². The van der Waals surface area contributed by atoms with Gasteiger partial charge in [0.1, 0.15) is 0 Å². The monoisotopic (exact) mass is 272 g/mol. The first kappa shape index (κ1) is 13.5. The molecule has 1 aromatic rings. The highest BCUT2D eigenvalue weighted by molar-refractivity contribution is 7.89. The number of rotatable bonds is 5. The average molecular weight is 272 g/mol. The minimum atomic E-state index is -3.49. The zero-order valence-corrected chi connectivity index (χ0v) is 11.4. The van der Waals surface area contributed by atoms with Gasteiger partial charge in [0.15, 0.2) is 5.03 Å². The Hall–Kier alpha value is -0.920. The molecule has 0 aliphatic heterocycles. The number of sulfonamides is 1. The van der Waals surface area contributed by atoms with E-state index in [1.54, 1.807) is 7.05 Å². The van der Waals surface area contributed by atoms with E-state index in [0.717, 1.165) is 12.8 Å². The standard InChI is InChI=1S/C11H20N4O2S/c1-15(8-9-4-2-3-5-9)18(16,17)11-10(6-12)7-13-14-11/h7,9H,2-6,8,12H2,1H3,(H,13,14). The first-order valence-corrected chi connectivity index (χ1v) is 7.68. The molecule has 6 nitrogen and oxygen atoms in total. The molecule has 1 aliphatic rings. The zero-order valence-electron chi connectivity index (χ0n) is 10.6. The maximum atomic E-state index is 12.4. The molecule has 0 aromatic carbocycles. The van der Waals surface area contributed by atoms with Gasteiger partial charge in [0.2, 0.25) is 0 Å². The third-order valence-electron chi connectivity index (χ3n) is 3.56. The normalized spacial score (nSPS) is 17.7. The van der Waals surface area contributed by atoms with Crippen molar-refractivity contribution in [1.82, 2.24) is 14.5 Å². The van der Waals surface area contributed by atoms with Crippen LogP contribution >= 0.6 is 0 Å². The lowest BCUT2D eigenvalue weighted by molar-refractivity contribution is 0.385. The summed E-state index contributed by atoms with van der Waals surface area (Å²) in [6, 6.07) is 0. The molecule has 0 amide bonds. The largest absolute Gasteiger partial charge is 0.326 e. The molecule has 1 aliphatic carbocycles. The summed E-state index contributed by atoms with van der Waals surface area (Å²) >= 11 is 0. The molecule has 1 fully saturated rings. The van der Waals surface area contributed by atoms with Crippen molar-refractivity contribution in [2.24, 2.45) is 11.7 Å². The molecule has 0 unspecified atom stereocenters. The van der Waals surface area contributed by atoms with Crippen molar-refractivity contribution in [3.63, 3.8) is 0 Å². The maximum Gasteiger partial charge on any atom is 0.260 e. The molecule has 3 N–H and O–H groups in total. The van der Waals surface area contributed by atoms with E-state index in [9.17, 15) is 8.42 Å². The van der Waals surface area contributed by atoms with Crippen molar-refractivity contribution in [3.8, 4) is 0 Å². The van der Waals surface area contributed by atoms with E-state index in [1.807, 2.05) is 0 Å². The lowest BCUT2D eigenvalue weighted by Crippen LogP contribution is -2.32. The van der Waals surface area contributed by atoms with E-state index >= 15 is 0 Å². The molecule has 102 valence electrons. The molecule has 0 radical (unpaired) electrons. The highest BCUT2D eigenvalue weighted by atomic mass is 32.2. The molecular weight excluding hydrogens is 252 g/mol. The van der Waals surface area contributed by atoms with Crippen molar-refractivity contribution in [1.29, 1.82) is 0 Å². The van der Waals surface area contributed by atoms with Crippen molar-refractivity contribution < 1.29 is 8.42 Å². The Balaban J connectivity index is 2.14. The molecule has 1 aromatic heterocycles. The first-order chi connectivity index (χ1) is 8.55. The molecule has 0 spiro atoms. The summed E-state index contributed by atoms with van der Waals surface area (Å²) in [6.45, 7) is 0.744. The Morgan fingerprint density at radius 2 is 2.17 bits per heavy atom. The highest BCUT2D eigenvalue weighted by Gasteiger charge is 2.28. The third-order valence-corrected chi connectivity index (χ3v) is 5.40. The van der Waals surface area contributed by atoms with Crippen LogP contribution in [-0.4, -0.2) is 36.5 Å². The smallest absolute Gasteiger partial charge is 0.260 e. The van der Waals surface area contributed by atoms with Crippen LogP contribution in [0.2, 0.25) is 0 Å². The Morgan fingerprint density at radius 3 is 2.78 bits per heavy atom. The predicted molar refractivity (Wildman–Crippen MR) is 68.3 cm³/mol. The predicted octanol–water partition coefficient (Wildman–Crippen LogP) is 0.679. The van der Waals surface area contributed by atoms with Crippen LogP contribution in [0.3, 0.4) is 0 Å². The van der Waals surface area contributed by atoms with Gasteiger partial charge in [-0.05, 0) is 18.8 Å². The number of nitrogens with one attached hydrogen (secondary N) is 1. The minimum Gasteiger partial charge on any atom is -0.326 e. The number of nitrogens with zero attached hydrogens (tertiary/aromatic N) is 2. The summed E-state index contributed by atoms with van der Waals surface area (Å²) < 4.78 is 26.1. The molecule has 1 saturated carbocycles. The quantitative estimate of drug-likeness (QED) is 0.824. The molecule has 7 heteroatoms. The van der Waals surface area contributed by atoms with Crippen molar-refractivity contribution in [2.45, 2.75) is 37.3 Å². The SMILES string of the molecule is CN(CC1CCCC1)S(=O)(=O)c1[nH]ncc1CN.